The molecule has 2 aliphatic rings. The normalized spacial score (nSPS) is 27.9. The first-order valence-electron chi connectivity index (χ1n) is 6.94. The average Bonchev–Trinajstić information content (AvgIpc) is 2.30. The smallest absolute Gasteiger partial charge is 0.234 e. The van der Waals surface area contributed by atoms with Crippen molar-refractivity contribution in [1.82, 2.24) is 10.2 Å². The van der Waals surface area contributed by atoms with Crippen molar-refractivity contribution < 1.29 is 9.90 Å². The first-order chi connectivity index (χ1) is 8.24. The fraction of sp³-hybridized carbons (Fsp3) is 0.923. The lowest BCUT2D eigenvalue weighted by atomic mass is 9.95. The van der Waals surface area contributed by atoms with Gasteiger partial charge in [0.25, 0.3) is 0 Å². The van der Waals surface area contributed by atoms with Crippen LogP contribution >= 0.6 is 0 Å². The van der Waals surface area contributed by atoms with Gasteiger partial charge in [-0.1, -0.05) is 19.3 Å². The Morgan fingerprint density at radius 3 is 2.65 bits per heavy atom. The molecule has 0 aromatic carbocycles. The molecule has 1 aliphatic carbocycles. The lowest BCUT2D eigenvalue weighted by Crippen LogP contribution is -2.46. The van der Waals surface area contributed by atoms with Gasteiger partial charge in [-0.25, -0.2) is 0 Å². The van der Waals surface area contributed by atoms with Crippen LogP contribution in [0.1, 0.15) is 44.9 Å². The lowest BCUT2D eigenvalue weighted by Gasteiger charge is -2.30. The van der Waals surface area contributed by atoms with Crippen molar-refractivity contribution >= 4 is 5.91 Å². The quantitative estimate of drug-likeness (QED) is 0.770. The van der Waals surface area contributed by atoms with Crippen LogP contribution in [-0.4, -0.2) is 47.7 Å². The molecule has 2 N–H and O–H groups in total. The van der Waals surface area contributed by atoms with Crippen molar-refractivity contribution in [1.29, 1.82) is 0 Å². The molecule has 0 spiro atoms. The third kappa shape index (κ3) is 4.28. The Balaban J connectivity index is 1.68. The summed E-state index contributed by atoms with van der Waals surface area (Å²) >= 11 is 0. The highest BCUT2D eigenvalue weighted by Gasteiger charge is 2.21. The Morgan fingerprint density at radius 1 is 1.18 bits per heavy atom. The van der Waals surface area contributed by atoms with Gasteiger partial charge < -0.3 is 10.4 Å². The molecule has 1 aliphatic heterocycles. The highest BCUT2D eigenvalue weighted by atomic mass is 16.3. The molecule has 4 nitrogen and oxygen atoms in total. The number of nitrogens with zero attached hydrogens (tertiary/aromatic N) is 1. The first kappa shape index (κ1) is 12.8. The maximum Gasteiger partial charge on any atom is 0.234 e. The molecular formula is C13H24N2O2. The summed E-state index contributed by atoms with van der Waals surface area (Å²) in [6.07, 6.45) is 7.69. The number of aliphatic hydroxyl groups is 1. The number of amides is 1. The van der Waals surface area contributed by atoms with Crippen molar-refractivity contribution in [2.75, 3.05) is 19.6 Å². The van der Waals surface area contributed by atoms with Crippen LogP contribution in [0.15, 0.2) is 0 Å². The van der Waals surface area contributed by atoms with E-state index in [1.807, 2.05) is 0 Å². The number of hydrogen-bond acceptors (Lipinski definition) is 3. The predicted octanol–water partition coefficient (Wildman–Crippen LogP) is 0.892. The zero-order valence-electron chi connectivity index (χ0n) is 10.5. The number of rotatable bonds is 3. The standard InChI is InChI=1S/C13H24N2O2/c16-12-7-4-8-15(9-12)10-13(17)14-11-5-2-1-3-6-11/h11-12,16H,1-10H2,(H,14,17)/t12-/m0/s1. The van der Waals surface area contributed by atoms with Gasteiger partial charge in [0.2, 0.25) is 5.91 Å². The van der Waals surface area contributed by atoms with Gasteiger partial charge in [0, 0.05) is 12.6 Å². The maximum absolute atomic E-state index is 11.9. The Kier molecular flexibility index (Phi) is 4.80. The van der Waals surface area contributed by atoms with E-state index in [1.165, 1.54) is 19.3 Å². The summed E-state index contributed by atoms with van der Waals surface area (Å²) in [6, 6.07) is 0.394. The highest BCUT2D eigenvalue weighted by molar-refractivity contribution is 5.78. The van der Waals surface area contributed by atoms with E-state index in [4.69, 9.17) is 0 Å². The van der Waals surface area contributed by atoms with E-state index in [9.17, 15) is 9.90 Å². The van der Waals surface area contributed by atoms with E-state index in [2.05, 4.69) is 10.2 Å². The minimum Gasteiger partial charge on any atom is -0.392 e. The van der Waals surface area contributed by atoms with Crippen LogP contribution in [0.2, 0.25) is 0 Å². The van der Waals surface area contributed by atoms with Crippen molar-refractivity contribution in [3.8, 4) is 0 Å². The summed E-state index contributed by atoms with van der Waals surface area (Å²) in [6.45, 7) is 2.04. The van der Waals surface area contributed by atoms with Gasteiger partial charge in [-0.15, -0.1) is 0 Å². The lowest BCUT2D eigenvalue weighted by molar-refractivity contribution is -0.123. The first-order valence-corrected chi connectivity index (χ1v) is 6.94. The van der Waals surface area contributed by atoms with Crippen molar-refractivity contribution in [2.45, 2.75) is 57.1 Å². The van der Waals surface area contributed by atoms with Crippen molar-refractivity contribution in [3.63, 3.8) is 0 Å². The van der Waals surface area contributed by atoms with Gasteiger partial charge in [-0.2, -0.15) is 0 Å². The molecule has 2 rings (SSSR count). The van der Waals surface area contributed by atoms with E-state index in [0.717, 1.165) is 32.2 Å². The molecule has 0 unspecified atom stereocenters. The Bertz CT molecular complexity index is 252. The van der Waals surface area contributed by atoms with Crippen LogP contribution in [0.3, 0.4) is 0 Å². The molecule has 1 saturated heterocycles. The SMILES string of the molecule is O=C(CN1CCC[C@H](O)C1)NC1CCCCC1. The van der Waals surface area contributed by atoms with Gasteiger partial charge in [-0.3, -0.25) is 9.69 Å². The number of carbonyl (C=O) groups excluding carboxylic acids is 1. The zero-order chi connectivity index (χ0) is 12.1. The molecule has 1 saturated carbocycles. The van der Waals surface area contributed by atoms with E-state index in [0.29, 0.717) is 19.1 Å². The molecule has 0 radical (unpaired) electrons. The predicted molar refractivity (Wildman–Crippen MR) is 66.7 cm³/mol. The molecule has 1 heterocycles. The maximum atomic E-state index is 11.9. The van der Waals surface area contributed by atoms with Gasteiger partial charge in [0.1, 0.15) is 0 Å². The Labute approximate surface area is 103 Å². The number of hydrogen-bond donors (Lipinski definition) is 2. The Morgan fingerprint density at radius 2 is 1.94 bits per heavy atom. The van der Waals surface area contributed by atoms with Gasteiger partial charge in [0.15, 0.2) is 0 Å². The second-order valence-electron chi connectivity index (χ2n) is 5.43. The number of carbonyl (C=O) groups is 1. The van der Waals surface area contributed by atoms with E-state index in [1.54, 1.807) is 0 Å². The van der Waals surface area contributed by atoms with Crippen LogP contribution in [-0.2, 0) is 4.79 Å². The van der Waals surface area contributed by atoms with Crippen LogP contribution in [0.5, 0.6) is 0 Å². The number of β-amino-alcohol motifs (C(OH)–C–C–N with tert-alkyl or cyclic N) is 1. The molecule has 1 amide bonds. The third-order valence-electron chi connectivity index (χ3n) is 3.82. The summed E-state index contributed by atoms with van der Waals surface area (Å²) in [5.41, 5.74) is 0. The number of aliphatic hydroxyl groups excluding tert-OH is 1. The van der Waals surface area contributed by atoms with Crippen LogP contribution in [0, 0.1) is 0 Å². The Hall–Kier alpha value is -0.610. The second kappa shape index (κ2) is 6.36. The topological polar surface area (TPSA) is 52.6 Å². The van der Waals surface area contributed by atoms with E-state index >= 15 is 0 Å². The number of piperidine rings is 1. The van der Waals surface area contributed by atoms with Crippen molar-refractivity contribution in [3.05, 3.63) is 0 Å². The average molecular weight is 240 g/mol. The van der Waals surface area contributed by atoms with Crippen LogP contribution in [0.4, 0.5) is 0 Å². The molecule has 17 heavy (non-hydrogen) atoms. The van der Waals surface area contributed by atoms with Gasteiger partial charge in [0.05, 0.1) is 12.6 Å². The fourth-order valence-electron chi connectivity index (χ4n) is 2.90. The van der Waals surface area contributed by atoms with Gasteiger partial charge >= 0.3 is 0 Å². The minimum atomic E-state index is -0.244. The molecule has 2 fully saturated rings. The number of likely N-dealkylation sites (tertiary alicyclic amines) is 1. The summed E-state index contributed by atoms with van der Waals surface area (Å²) < 4.78 is 0. The summed E-state index contributed by atoms with van der Waals surface area (Å²) in [4.78, 5) is 13.9. The summed E-state index contributed by atoms with van der Waals surface area (Å²) in [5, 5.41) is 12.7. The molecule has 4 heteroatoms. The minimum absolute atomic E-state index is 0.131. The number of nitrogens with one attached hydrogen (secondary N) is 1. The van der Waals surface area contributed by atoms with Crippen molar-refractivity contribution in [2.24, 2.45) is 0 Å². The largest absolute Gasteiger partial charge is 0.392 e. The monoisotopic (exact) mass is 240 g/mol. The summed E-state index contributed by atoms with van der Waals surface area (Å²) in [7, 11) is 0. The second-order valence-corrected chi connectivity index (χ2v) is 5.43. The fourth-order valence-corrected chi connectivity index (χ4v) is 2.90. The summed E-state index contributed by atoms with van der Waals surface area (Å²) in [5.74, 6) is 0.131. The highest BCUT2D eigenvalue weighted by Crippen LogP contribution is 2.17. The third-order valence-corrected chi connectivity index (χ3v) is 3.82. The van der Waals surface area contributed by atoms with Crippen LogP contribution < -0.4 is 5.32 Å². The van der Waals surface area contributed by atoms with Crippen LogP contribution in [0.25, 0.3) is 0 Å². The molecule has 0 bridgehead atoms. The van der Waals surface area contributed by atoms with E-state index < -0.39 is 0 Å². The molecule has 0 aromatic heterocycles. The zero-order valence-corrected chi connectivity index (χ0v) is 10.5. The molecule has 0 aromatic rings. The molecule has 98 valence electrons. The van der Waals surface area contributed by atoms with E-state index in [-0.39, 0.29) is 12.0 Å². The molecular weight excluding hydrogens is 216 g/mol. The molecule has 1 atom stereocenters. The van der Waals surface area contributed by atoms with Gasteiger partial charge in [-0.05, 0) is 32.2 Å².